The number of hydrogen-bond donors (Lipinski definition) is 3. The molecular weight excluding hydrogens is 544 g/mol. The Kier molecular flexibility index (Phi) is 9.72. The van der Waals surface area contributed by atoms with Gasteiger partial charge in [0.2, 0.25) is 16.0 Å². The summed E-state index contributed by atoms with van der Waals surface area (Å²) in [5, 5.41) is 8.23. The molecule has 1 aliphatic carbocycles. The molecular formula is C33H42N6O2S. The normalized spacial score (nSPS) is 18.1. The zero-order valence-corrected chi connectivity index (χ0v) is 25.6. The van der Waals surface area contributed by atoms with Crippen LogP contribution in [0.25, 0.3) is 10.9 Å². The topological polar surface area (TPSA) is 99.2 Å². The number of rotatable bonds is 12. The summed E-state index contributed by atoms with van der Waals surface area (Å²) in [6.45, 7) is 3.38. The average molecular weight is 587 g/mol. The third kappa shape index (κ3) is 7.85. The quantitative estimate of drug-likeness (QED) is 0.211. The van der Waals surface area contributed by atoms with Crippen LogP contribution in [-0.2, 0) is 16.4 Å². The fourth-order valence-corrected chi connectivity index (χ4v) is 6.92. The van der Waals surface area contributed by atoms with Crippen molar-refractivity contribution in [1.29, 1.82) is 0 Å². The molecule has 1 aromatic heterocycles. The van der Waals surface area contributed by atoms with E-state index in [9.17, 15) is 8.42 Å². The fourth-order valence-electron chi connectivity index (χ4n) is 5.68. The lowest BCUT2D eigenvalue weighted by molar-refractivity contribution is 0.320. The Morgan fingerprint density at radius 1 is 0.881 bits per heavy atom. The van der Waals surface area contributed by atoms with Gasteiger partial charge in [-0.3, -0.25) is 0 Å². The van der Waals surface area contributed by atoms with Crippen LogP contribution in [0.1, 0.15) is 36.8 Å². The summed E-state index contributed by atoms with van der Waals surface area (Å²) in [6.07, 6.45) is 4.91. The molecule has 0 spiro atoms. The van der Waals surface area contributed by atoms with Crippen molar-refractivity contribution in [2.45, 2.75) is 56.0 Å². The Bertz CT molecular complexity index is 1550. The first kappa shape index (κ1) is 29.9. The van der Waals surface area contributed by atoms with Gasteiger partial charge in [0.05, 0.1) is 10.4 Å². The summed E-state index contributed by atoms with van der Waals surface area (Å²) in [7, 11) is 0.393. The van der Waals surface area contributed by atoms with Crippen molar-refractivity contribution in [3.8, 4) is 0 Å². The largest absolute Gasteiger partial charge is 0.362 e. The molecule has 0 aliphatic heterocycles. The zero-order valence-electron chi connectivity index (χ0n) is 24.8. The van der Waals surface area contributed by atoms with Crippen molar-refractivity contribution >= 4 is 32.7 Å². The molecule has 8 nitrogen and oxygen atoms in total. The van der Waals surface area contributed by atoms with Crippen molar-refractivity contribution in [3.05, 3.63) is 90.0 Å². The second-order valence-electron chi connectivity index (χ2n) is 11.6. The number of nitrogens with one attached hydrogen (secondary N) is 3. The van der Waals surface area contributed by atoms with Crippen molar-refractivity contribution in [3.63, 3.8) is 0 Å². The molecule has 0 unspecified atom stereocenters. The molecule has 1 aliphatic rings. The molecule has 4 aromatic rings. The lowest BCUT2D eigenvalue weighted by Crippen LogP contribution is -2.44. The smallest absolute Gasteiger partial charge is 0.240 e. The highest BCUT2D eigenvalue weighted by Gasteiger charge is 2.24. The van der Waals surface area contributed by atoms with E-state index < -0.39 is 10.0 Å². The van der Waals surface area contributed by atoms with Crippen molar-refractivity contribution in [2.75, 3.05) is 37.4 Å². The van der Waals surface area contributed by atoms with Gasteiger partial charge in [-0.2, -0.15) is 4.98 Å². The predicted molar refractivity (Wildman–Crippen MR) is 172 cm³/mol. The van der Waals surface area contributed by atoms with E-state index >= 15 is 0 Å². The number of anilines is 2. The van der Waals surface area contributed by atoms with E-state index in [0.717, 1.165) is 60.1 Å². The predicted octanol–water partition coefficient (Wildman–Crippen LogP) is 5.15. The molecule has 0 bridgehead atoms. The number of para-hydroxylation sites is 1. The second-order valence-corrected chi connectivity index (χ2v) is 13.3. The second kappa shape index (κ2) is 13.6. The van der Waals surface area contributed by atoms with Crippen LogP contribution in [0.3, 0.4) is 0 Å². The summed E-state index contributed by atoms with van der Waals surface area (Å²) < 4.78 is 29.3. The minimum Gasteiger partial charge on any atom is -0.362 e. The molecule has 1 heterocycles. The van der Waals surface area contributed by atoms with Crippen molar-refractivity contribution < 1.29 is 8.42 Å². The summed E-state index contributed by atoms with van der Waals surface area (Å²) in [5.41, 5.74) is 3.08. The molecule has 0 saturated heterocycles. The van der Waals surface area contributed by atoms with E-state index in [-0.39, 0.29) is 6.04 Å². The molecule has 1 saturated carbocycles. The Morgan fingerprint density at radius 2 is 1.57 bits per heavy atom. The Labute approximate surface area is 250 Å². The fraction of sp³-hybridized carbons (Fsp3) is 0.394. The van der Waals surface area contributed by atoms with E-state index in [1.165, 1.54) is 0 Å². The van der Waals surface area contributed by atoms with Crippen LogP contribution in [0.5, 0.6) is 0 Å². The summed E-state index contributed by atoms with van der Waals surface area (Å²) >= 11 is 0. The third-order valence-corrected chi connectivity index (χ3v) is 9.52. The van der Waals surface area contributed by atoms with Gasteiger partial charge < -0.3 is 15.5 Å². The highest BCUT2D eigenvalue weighted by Crippen LogP contribution is 2.28. The molecule has 0 amide bonds. The molecule has 5 rings (SSSR count). The van der Waals surface area contributed by atoms with Crippen LogP contribution >= 0.6 is 0 Å². The maximum absolute atomic E-state index is 13.2. The van der Waals surface area contributed by atoms with Crippen molar-refractivity contribution in [1.82, 2.24) is 20.0 Å². The zero-order chi connectivity index (χ0) is 29.5. The summed E-state index contributed by atoms with van der Waals surface area (Å²) in [6, 6.07) is 25.2. The number of fused-ring (bicyclic) bond motifs is 1. The van der Waals surface area contributed by atoms with Crippen LogP contribution in [0.2, 0.25) is 0 Å². The van der Waals surface area contributed by atoms with Crippen LogP contribution < -0.4 is 20.3 Å². The number of hydrogen-bond acceptors (Lipinski definition) is 7. The number of aromatic nitrogens is 2. The first-order chi connectivity index (χ1) is 20.3. The van der Waals surface area contributed by atoms with Gasteiger partial charge in [0.25, 0.3) is 0 Å². The van der Waals surface area contributed by atoms with Crippen LogP contribution in [0, 0.1) is 12.8 Å². The van der Waals surface area contributed by atoms with Gasteiger partial charge >= 0.3 is 0 Å². The van der Waals surface area contributed by atoms with Gasteiger partial charge in [0, 0.05) is 38.1 Å². The molecule has 1 fully saturated rings. The Morgan fingerprint density at radius 3 is 2.29 bits per heavy atom. The van der Waals surface area contributed by atoms with Crippen molar-refractivity contribution in [2.24, 2.45) is 5.92 Å². The number of aryl methyl sites for hydroxylation is 1. The SMILES string of the molecule is Cc1ccc(S(=O)(=O)N[C@H](CNCC2CCC(Nc3nc(N(C)C)c4ccccc4n3)CC2)Cc2ccccc2)cc1. The van der Waals surface area contributed by atoms with E-state index in [1.54, 1.807) is 12.1 Å². The lowest BCUT2D eigenvalue weighted by Gasteiger charge is -2.30. The molecule has 3 aromatic carbocycles. The highest BCUT2D eigenvalue weighted by molar-refractivity contribution is 7.89. The maximum atomic E-state index is 13.2. The number of sulfonamides is 1. The average Bonchev–Trinajstić information content (AvgIpc) is 2.98. The van der Waals surface area contributed by atoms with E-state index in [1.807, 2.05) is 86.6 Å². The van der Waals surface area contributed by atoms with Crippen LogP contribution in [0.15, 0.2) is 83.8 Å². The molecule has 1 atom stereocenters. The van der Waals surface area contributed by atoms with Gasteiger partial charge in [-0.15, -0.1) is 0 Å². The number of benzene rings is 3. The summed E-state index contributed by atoms with van der Waals surface area (Å²) in [5.74, 6) is 2.15. The molecule has 9 heteroatoms. The van der Waals surface area contributed by atoms with Crippen LogP contribution in [0.4, 0.5) is 11.8 Å². The maximum Gasteiger partial charge on any atom is 0.240 e. The Hall–Kier alpha value is -3.53. The molecule has 42 heavy (non-hydrogen) atoms. The minimum atomic E-state index is -3.62. The molecule has 0 radical (unpaired) electrons. The molecule has 3 N–H and O–H groups in total. The first-order valence-corrected chi connectivity index (χ1v) is 16.3. The highest BCUT2D eigenvalue weighted by atomic mass is 32.2. The molecule has 222 valence electrons. The van der Waals surface area contributed by atoms with Gasteiger partial charge in [-0.25, -0.2) is 18.1 Å². The van der Waals surface area contributed by atoms with Gasteiger partial charge in [-0.1, -0.05) is 60.2 Å². The first-order valence-electron chi connectivity index (χ1n) is 14.8. The van der Waals surface area contributed by atoms with E-state index in [4.69, 9.17) is 9.97 Å². The number of nitrogens with zero attached hydrogens (tertiary/aromatic N) is 3. The lowest BCUT2D eigenvalue weighted by atomic mass is 9.86. The van der Waals surface area contributed by atoms with Gasteiger partial charge in [0.15, 0.2) is 0 Å². The summed E-state index contributed by atoms with van der Waals surface area (Å²) in [4.78, 5) is 11.9. The van der Waals surface area contributed by atoms with E-state index in [2.05, 4.69) is 21.4 Å². The monoisotopic (exact) mass is 586 g/mol. The van der Waals surface area contributed by atoms with Gasteiger partial charge in [-0.05, 0) is 81.3 Å². The van der Waals surface area contributed by atoms with E-state index in [0.29, 0.717) is 35.8 Å². The standard InChI is InChI=1S/C33H42N6O2S/c1-24-13-19-29(20-14-24)42(40,41)38-28(21-25-9-5-4-6-10-25)23-34-22-26-15-17-27(18-16-26)35-33-36-31-12-8-7-11-30(31)32(37-33)39(2)3/h4-14,19-20,26-28,34,38H,15-18,21-23H2,1-3H3,(H,35,36,37)/t26?,27?,28-/m0/s1. The van der Waals surface area contributed by atoms with Gasteiger partial charge in [0.1, 0.15) is 5.82 Å². The third-order valence-electron chi connectivity index (χ3n) is 7.99. The minimum absolute atomic E-state index is 0.257. The Balaban J connectivity index is 1.15. The van der Waals surface area contributed by atoms with Crippen LogP contribution in [-0.4, -0.2) is 57.7 Å².